The molecule has 1 N–H and O–H groups in total. The van der Waals surface area contributed by atoms with Gasteiger partial charge in [0.05, 0.1) is 17.5 Å². The second-order valence-electron chi connectivity index (χ2n) is 4.01. The third kappa shape index (κ3) is 5.27. The van der Waals surface area contributed by atoms with E-state index in [2.05, 4.69) is 11.9 Å². The van der Waals surface area contributed by atoms with E-state index in [0.717, 1.165) is 11.4 Å². The second-order valence-corrected chi connectivity index (χ2v) is 5.05. The summed E-state index contributed by atoms with van der Waals surface area (Å²) < 4.78 is 5.63. The van der Waals surface area contributed by atoms with E-state index in [1.165, 1.54) is 11.8 Å². The lowest BCUT2D eigenvalue weighted by Crippen LogP contribution is -2.16. The number of para-hydroxylation sites is 2. The number of hydrogen-bond donors (Lipinski definition) is 1. The molecule has 0 radical (unpaired) electrons. The standard InChI is InChI=1S/C14H19NO2S/c1-4-9-18-10-14(16)15-12-7-5-6-8-13(12)17-11(2)3/h4-8,11H,1,9-10H2,2-3H3,(H,15,16). The molecule has 0 spiro atoms. The predicted molar refractivity (Wildman–Crippen MR) is 78.4 cm³/mol. The fraction of sp³-hybridized carbons (Fsp3) is 0.357. The van der Waals surface area contributed by atoms with Crippen LogP contribution in [0.15, 0.2) is 36.9 Å². The lowest BCUT2D eigenvalue weighted by Gasteiger charge is -2.14. The quantitative estimate of drug-likeness (QED) is 0.607. The zero-order chi connectivity index (χ0) is 13.4. The van der Waals surface area contributed by atoms with Crippen molar-refractivity contribution in [2.45, 2.75) is 20.0 Å². The lowest BCUT2D eigenvalue weighted by molar-refractivity contribution is -0.113. The molecule has 0 aliphatic rings. The molecule has 0 unspecified atom stereocenters. The molecule has 0 aromatic heterocycles. The van der Waals surface area contributed by atoms with Gasteiger partial charge in [0.25, 0.3) is 0 Å². The lowest BCUT2D eigenvalue weighted by atomic mass is 10.3. The number of nitrogens with one attached hydrogen (secondary N) is 1. The SMILES string of the molecule is C=CCSCC(=O)Nc1ccccc1OC(C)C. The summed E-state index contributed by atoms with van der Waals surface area (Å²) in [5, 5.41) is 2.86. The van der Waals surface area contributed by atoms with Crippen LogP contribution < -0.4 is 10.1 Å². The highest BCUT2D eigenvalue weighted by Gasteiger charge is 2.08. The van der Waals surface area contributed by atoms with E-state index in [0.29, 0.717) is 11.5 Å². The molecule has 0 fully saturated rings. The number of anilines is 1. The number of ether oxygens (including phenoxy) is 1. The molecule has 0 bridgehead atoms. The van der Waals surface area contributed by atoms with Crippen molar-refractivity contribution >= 4 is 23.4 Å². The molecule has 4 heteroatoms. The summed E-state index contributed by atoms with van der Waals surface area (Å²) in [6.45, 7) is 7.53. The Kier molecular flexibility index (Phi) is 6.36. The summed E-state index contributed by atoms with van der Waals surface area (Å²) in [6, 6.07) is 7.46. The molecule has 1 aromatic rings. The van der Waals surface area contributed by atoms with Crippen molar-refractivity contribution in [1.82, 2.24) is 0 Å². The summed E-state index contributed by atoms with van der Waals surface area (Å²) in [5.41, 5.74) is 0.718. The Hall–Kier alpha value is -1.42. The van der Waals surface area contributed by atoms with E-state index in [9.17, 15) is 4.79 Å². The van der Waals surface area contributed by atoms with Crippen molar-refractivity contribution in [3.05, 3.63) is 36.9 Å². The molecule has 0 aliphatic heterocycles. The molecule has 1 aromatic carbocycles. The molecule has 1 rings (SSSR count). The molecule has 0 heterocycles. The Labute approximate surface area is 113 Å². The number of carbonyl (C=O) groups is 1. The van der Waals surface area contributed by atoms with Gasteiger partial charge in [-0.2, -0.15) is 0 Å². The Bertz CT molecular complexity index is 405. The van der Waals surface area contributed by atoms with Gasteiger partial charge in [-0.05, 0) is 26.0 Å². The number of carbonyl (C=O) groups excluding carboxylic acids is 1. The van der Waals surface area contributed by atoms with Gasteiger partial charge in [0, 0.05) is 5.75 Å². The third-order valence-electron chi connectivity index (χ3n) is 1.99. The minimum absolute atomic E-state index is 0.0262. The molecule has 0 saturated heterocycles. The van der Waals surface area contributed by atoms with Gasteiger partial charge in [0.15, 0.2) is 0 Å². The highest BCUT2D eigenvalue weighted by molar-refractivity contribution is 8.00. The van der Waals surface area contributed by atoms with Crippen LogP contribution in [0, 0.1) is 0 Å². The number of hydrogen-bond acceptors (Lipinski definition) is 3. The van der Waals surface area contributed by atoms with E-state index in [4.69, 9.17) is 4.74 Å². The van der Waals surface area contributed by atoms with Crippen LogP contribution in [0.1, 0.15) is 13.8 Å². The molecule has 98 valence electrons. The van der Waals surface area contributed by atoms with Gasteiger partial charge in [0.1, 0.15) is 5.75 Å². The monoisotopic (exact) mass is 265 g/mol. The van der Waals surface area contributed by atoms with Gasteiger partial charge in [-0.25, -0.2) is 0 Å². The first-order valence-electron chi connectivity index (χ1n) is 5.87. The number of benzene rings is 1. The average Bonchev–Trinajstić information content (AvgIpc) is 2.31. The van der Waals surface area contributed by atoms with Gasteiger partial charge >= 0.3 is 0 Å². The molecule has 1 amide bonds. The zero-order valence-electron chi connectivity index (χ0n) is 10.8. The van der Waals surface area contributed by atoms with Crippen LogP contribution in [0.2, 0.25) is 0 Å². The van der Waals surface area contributed by atoms with Crippen molar-refractivity contribution in [3.63, 3.8) is 0 Å². The predicted octanol–water partition coefficient (Wildman–Crippen LogP) is 3.33. The van der Waals surface area contributed by atoms with Crippen LogP contribution in [0.4, 0.5) is 5.69 Å². The van der Waals surface area contributed by atoms with Gasteiger partial charge < -0.3 is 10.1 Å². The maximum Gasteiger partial charge on any atom is 0.234 e. The smallest absolute Gasteiger partial charge is 0.234 e. The van der Waals surface area contributed by atoms with Crippen LogP contribution in [0.25, 0.3) is 0 Å². The number of amides is 1. The maximum absolute atomic E-state index is 11.7. The largest absolute Gasteiger partial charge is 0.489 e. The molecule has 0 atom stereocenters. The highest BCUT2D eigenvalue weighted by Crippen LogP contribution is 2.24. The Morgan fingerprint density at radius 3 is 2.89 bits per heavy atom. The van der Waals surface area contributed by atoms with Gasteiger partial charge in [0.2, 0.25) is 5.91 Å². The molecule has 3 nitrogen and oxygen atoms in total. The molecular formula is C14H19NO2S. The summed E-state index contributed by atoms with van der Waals surface area (Å²) >= 11 is 1.53. The van der Waals surface area contributed by atoms with E-state index < -0.39 is 0 Å². The van der Waals surface area contributed by atoms with Crippen LogP contribution in [0.3, 0.4) is 0 Å². The molecule has 0 aliphatic carbocycles. The number of rotatable bonds is 7. The minimum Gasteiger partial charge on any atom is -0.489 e. The molecule has 18 heavy (non-hydrogen) atoms. The minimum atomic E-state index is -0.0262. The van der Waals surface area contributed by atoms with Gasteiger partial charge in [-0.1, -0.05) is 18.2 Å². The first-order valence-corrected chi connectivity index (χ1v) is 7.03. The molecule has 0 saturated carbocycles. The summed E-state index contributed by atoms with van der Waals surface area (Å²) in [4.78, 5) is 11.7. The summed E-state index contributed by atoms with van der Waals surface area (Å²) in [6.07, 6.45) is 1.87. The van der Waals surface area contributed by atoms with Crippen molar-refractivity contribution < 1.29 is 9.53 Å². The fourth-order valence-corrected chi connectivity index (χ4v) is 1.89. The Morgan fingerprint density at radius 2 is 2.22 bits per heavy atom. The van der Waals surface area contributed by atoms with Crippen molar-refractivity contribution in [1.29, 1.82) is 0 Å². The van der Waals surface area contributed by atoms with Crippen LogP contribution in [0.5, 0.6) is 5.75 Å². The number of thioether (sulfide) groups is 1. The van der Waals surface area contributed by atoms with Crippen LogP contribution >= 0.6 is 11.8 Å². The molecular weight excluding hydrogens is 246 g/mol. The van der Waals surface area contributed by atoms with Crippen LogP contribution in [-0.2, 0) is 4.79 Å². The van der Waals surface area contributed by atoms with E-state index in [1.807, 2.05) is 38.1 Å². The van der Waals surface area contributed by atoms with Crippen molar-refractivity contribution in [2.24, 2.45) is 0 Å². The highest BCUT2D eigenvalue weighted by atomic mass is 32.2. The zero-order valence-corrected chi connectivity index (χ0v) is 11.6. The maximum atomic E-state index is 11.7. The first kappa shape index (κ1) is 14.6. The Balaban J connectivity index is 2.60. The third-order valence-corrected chi connectivity index (χ3v) is 2.93. The van der Waals surface area contributed by atoms with Crippen molar-refractivity contribution in [2.75, 3.05) is 16.8 Å². The summed E-state index contributed by atoms with van der Waals surface area (Å²) in [5.74, 6) is 1.87. The Morgan fingerprint density at radius 1 is 1.50 bits per heavy atom. The van der Waals surface area contributed by atoms with E-state index >= 15 is 0 Å². The normalized spacial score (nSPS) is 10.2. The van der Waals surface area contributed by atoms with E-state index in [1.54, 1.807) is 6.08 Å². The second kappa shape index (κ2) is 7.82. The van der Waals surface area contributed by atoms with Crippen LogP contribution in [-0.4, -0.2) is 23.5 Å². The van der Waals surface area contributed by atoms with Crippen molar-refractivity contribution in [3.8, 4) is 5.75 Å². The first-order chi connectivity index (χ1) is 8.63. The average molecular weight is 265 g/mol. The van der Waals surface area contributed by atoms with Gasteiger partial charge in [-0.3, -0.25) is 4.79 Å². The van der Waals surface area contributed by atoms with Gasteiger partial charge in [-0.15, -0.1) is 18.3 Å². The fourth-order valence-electron chi connectivity index (χ4n) is 1.35. The topological polar surface area (TPSA) is 38.3 Å². The van der Waals surface area contributed by atoms with E-state index in [-0.39, 0.29) is 12.0 Å². The summed E-state index contributed by atoms with van der Waals surface area (Å²) in [7, 11) is 0.